The Balaban J connectivity index is 2.01. The van der Waals surface area contributed by atoms with Gasteiger partial charge in [-0.25, -0.2) is 0 Å². The van der Waals surface area contributed by atoms with Crippen LogP contribution in [0.3, 0.4) is 0 Å². The van der Waals surface area contributed by atoms with E-state index < -0.39 is 0 Å². The molecule has 1 aliphatic rings. The smallest absolute Gasteiger partial charge is 0.0479 e. The Labute approximate surface area is 121 Å². The topological polar surface area (TPSA) is 26.0 Å². The van der Waals surface area contributed by atoms with E-state index in [9.17, 15) is 0 Å². The molecule has 2 aromatic carbocycles. The standard InChI is InChI=1S/C19H23N/c1-15-10-12-17(13-11-15)19(20)14-6-5-9-18(19)16-7-3-2-4-8-16/h2-4,7-8,10-13,18H,5-6,9,14,20H2,1H3. The molecule has 0 saturated heterocycles. The maximum atomic E-state index is 6.91. The fourth-order valence-electron chi connectivity index (χ4n) is 3.56. The molecule has 0 spiro atoms. The summed E-state index contributed by atoms with van der Waals surface area (Å²) in [4.78, 5) is 0. The molecule has 1 heteroatoms. The quantitative estimate of drug-likeness (QED) is 0.849. The number of hydrogen-bond donors (Lipinski definition) is 1. The van der Waals surface area contributed by atoms with Crippen LogP contribution >= 0.6 is 0 Å². The van der Waals surface area contributed by atoms with Crippen LogP contribution in [0.1, 0.15) is 48.3 Å². The van der Waals surface area contributed by atoms with Gasteiger partial charge >= 0.3 is 0 Å². The van der Waals surface area contributed by atoms with Crippen molar-refractivity contribution in [3.8, 4) is 0 Å². The van der Waals surface area contributed by atoms with Gasteiger partial charge < -0.3 is 5.73 Å². The molecule has 1 saturated carbocycles. The van der Waals surface area contributed by atoms with Gasteiger partial charge in [-0.2, -0.15) is 0 Å². The Morgan fingerprint density at radius 2 is 1.65 bits per heavy atom. The highest BCUT2D eigenvalue weighted by Gasteiger charge is 2.39. The maximum Gasteiger partial charge on any atom is 0.0479 e. The largest absolute Gasteiger partial charge is 0.321 e. The SMILES string of the molecule is Cc1ccc(C2(N)CCCCC2c2ccccc2)cc1. The van der Waals surface area contributed by atoms with Gasteiger partial charge in [0.05, 0.1) is 0 Å². The van der Waals surface area contributed by atoms with Gasteiger partial charge in [0.15, 0.2) is 0 Å². The second-order valence-electron chi connectivity index (χ2n) is 6.12. The molecule has 1 fully saturated rings. The minimum atomic E-state index is -0.215. The lowest BCUT2D eigenvalue weighted by atomic mass is 9.67. The van der Waals surface area contributed by atoms with Crippen LogP contribution in [-0.2, 0) is 5.54 Å². The molecule has 1 aliphatic carbocycles. The Hall–Kier alpha value is -1.60. The molecular formula is C19H23N. The minimum absolute atomic E-state index is 0.215. The lowest BCUT2D eigenvalue weighted by molar-refractivity contribution is 0.254. The van der Waals surface area contributed by atoms with Gasteiger partial charge in [-0.1, -0.05) is 73.0 Å². The number of benzene rings is 2. The summed E-state index contributed by atoms with van der Waals surface area (Å²) in [5, 5.41) is 0. The molecule has 0 bridgehead atoms. The molecule has 2 N–H and O–H groups in total. The summed E-state index contributed by atoms with van der Waals surface area (Å²) < 4.78 is 0. The van der Waals surface area contributed by atoms with Crippen molar-refractivity contribution in [2.75, 3.05) is 0 Å². The van der Waals surface area contributed by atoms with E-state index in [1.807, 2.05) is 0 Å². The summed E-state index contributed by atoms with van der Waals surface area (Å²) >= 11 is 0. The van der Waals surface area contributed by atoms with Gasteiger partial charge in [0.2, 0.25) is 0 Å². The van der Waals surface area contributed by atoms with Gasteiger partial charge in [-0.3, -0.25) is 0 Å². The van der Waals surface area contributed by atoms with E-state index in [2.05, 4.69) is 61.5 Å². The van der Waals surface area contributed by atoms with Crippen molar-refractivity contribution in [3.05, 3.63) is 71.3 Å². The normalized spacial score (nSPS) is 26.4. The van der Waals surface area contributed by atoms with Gasteiger partial charge in [0.1, 0.15) is 0 Å². The first-order valence-corrected chi connectivity index (χ1v) is 7.61. The van der Waals surface area contributed by atoms with Crippen LogP contribution in [-0.4, -0.2) is 0 Å². The van der Waals surface area contributed by atoms with Crippen molar-refractivity contribution >= 4 is 0 Å². The summed E-state index contributed by atoms with van der Waals surface area (Å²) in [6.45, 7) is 2.13. The van der Waals surface area contributed by atoms with Gasteiger partial charge in [0.25, 0.3) is 0 Å². The molecule has 0 heterocycles. The third-order valence-electron chi connectivity index (χ3n) is 4.75. The van der Waals surface area contributed by atoms with Crippen LogP contribution in [0.15, 0.2) is 54.6 Å². The zero-order chi connectivity index (χ0) is 14.0. The molecule has 1 nitrogen and oxygen atoms in total. The van der Waals surface area contributed by atoms with E-state index >= 15 is 0 Å². The second-order valence-corrected chi connectivity index (χ2v) is 6.12. The van der Waals surface area contributed by atoms with Gasteiger partial charge in [0, 0.05) is 11.5 Å². The summed E-state index contributed by atoms with van der Waals surface area (Å²) in [6, 6.07) is 19.6. The van der Waals surface area contributed by atoms with Crippen molar-refractivity contribution in [2.45, 2.75) is 44.1 Å². The summed E-state index contributed by atoms with van der Waals surface area (Å²) in [7, 11) is 0. The average Bonchev–Trinajstić information content (AvgIpc) is 2.49. The molecule has 20 heavy (non-hydrogen) atoms. The molecule has 0 radical (unpaired) electrons. The minimum Gasteiger partial charge on any atom is -0.321 e. The highest BCUT2D eigenvalue weighted by molar-refractivity contribution is 5.35. The monoisotopic (exact) mass is 265 g/mol. The van der Waals surface area contributed by atoms with E-state index in [-0.39, 0.29) is 5.54 Å². The lowest BCUT2D eigenvalue weighted by Gasteiger charge is -2.42. The number of aryl methyl sites for hydroxylation is 1. The van der Waals surface area contributed by atoms with Gasteiger partial charge in [-0.05, 0) is 30.9 Å². The first-order valence-electron chi connectivity index (χ1n) is 7.61. The zero-order valence-corrected chi connectivity index (χ0v) is 12.2. The van der Waals surface area contributed by atoms with Crippen LogP contribution in [0, 0.1) is 6.92 Å². The number of nitrogens with two attached hydrogens (primary N) is 1. The van der Waals surface area contributed by atoms with Crippen molar-refractivity contribution in [3.63, 3.8) is 0 Å². The molecule has 2 unspecified atom stereocenters. The Morgan fingerprint density at radius 1 is 0.950 bits per heavy atom. The van der Waals surface area contributed by atoms with Crippen LogP contribution in [0.5, 0.6) is 0 Å². The highest BCUT2D eigenvalue weighted by atomic mass is 14.8. The van der Waals surface area contributed by atoms with Crippen molar-refractivity contribution < 1.29 is 0 Å². The zero-order valence-electron chi connectivity index (χ0n) is 12.2. The molecule has 104 valence electrons. The third kappa shape index (κ3) is 2.38. The second kappa shape index (κ2) is 5.41. The predicted octanol–water partition coefficient (Wildman–Crippen LogP) is 4.51. The summed E-state index contributed by atoms with van der Waals surface area (Å²) in [6.07, 6.45) is 4.78. The van der Waals surface area contributed by atoms with E-state index in [0.717, 1.165) is 6.42 Å². The predicted molar refractivity (Wildman–Crippen MR) is 84.7 cm³/mol. The third-order valence-corrected chi connectivity index (χ3v) is 4.75. The van der Waals surface area contributed by atoms with E-state index in [1.54, 1.807) is 0 Å². The van der Waals surface area contributed by atoms with E-state index in [4.69, 9.17) is 5.73 Å². The Kier molecular flexibility index (Phi) is 3.62. The molecule has 3 rings (SSSR count). The van der Waals surface area contributed by atoms with Crippen LogP contribution in [0.4, 0.5) is 0 Å². The molecular weight excluding hydrogens is 242 g/mol. The first-order chi connectivity index (χ1) is 9.70. The number of rotatable bonds is 2. The Morgan fingerprint density at radius 3 is 2.35 bits per heavy atom. The van der Waals surface area contributed by atoms with Crippen LogP contribution in [0.2, 0.25) is 0 Å². The van der Waals surface area contributed by atoms with Crippen LogP contribution in [0.25, 0.3) is 0 Å². The van der Waals surface area contributed by atoms with Crippen molar-refractivity contribution in [1.29, 1.82) is 0 Å². The molecule has 2 aromatic rings. The van der Waals surface area contributed by atoms with E-state index in [1.165, 1.54) is 36.0 Å². The lowest BCUT2D eigenvalue weighted by Crippen LogP contribution is -2.44. The molecule has 2 atom stereocenters. The maximum absolute atomic E-state index is 6.91. The molecule has 0 aromatic heterocycles. The fraction of sp³-hybridized carbons (Fsp3) is 0.368. The molecule has 0 aliphatic heterocycles. The van der Waals surface area contributed by atoms with Gasteiger partial charge in [-0.15, -0.1) is 0 Å². The first kappa shape index (κ1) is 13.4. The fourth-order valence-corrected chi connectivity index (χ4v) is 3.56. The number of hydrogen-bond acceptors (Lipinski definition) is 1. The highest BCUT2D eigenvalue weighted by Crippen LogP contribution is 2.45. The summed E-state index contributed by atoms with van der Waals surface area (Å²) in [5.74, 6) is 0.431. The summed E-state index contributed by atoms with van der Waals surface area (Å²) in [5.41, 5.74) is 10.7. The van der Waals surface area contributed by atoms with Crippen LogP contribution < -0.4 is 5.73 Å². The van der Waals surface area contributed by atoms with Crippen molar-refractivity contribution in [2.24, 2.45) is 5.73 Å². The van der Waals surface area contributed by atoms with E-state index in [0.29, 0.717) is 5.92 Å². The van der Waals surface area contributed by atoms with Crippen molar-refractivity contribution in [1.82, 2.24) is 0 Å². The Bertz CT molecular complexity index is 558. The molecule has 0 amide bonds. The average molecular weight is 265 g/mol.